The number of aryl methyl sites for hydroxylation is 1. The molecular weight excluding hydrogens is 388 g/mol. The minimum Gasteiger partial charge on any atom is -0.467 e. The van der Waals surface area contributed by atoms with Gasteiger partial charge in [0.2, 0.25) is 5.91 Å². The van der Waals surface area contributed by atoms with Gasteiger partial charge in [-0.2, -0.15) is 0 Å². The predicted octanol–water partition coefficient (Wildman–Crippen LogP) is 3.74. The zero-order valence-corrected chi connectivity index (χ0v) is 16.8. The number of carbonyl (C=O) groups excluding carboxylic acids is 1. The summed E-state index contributed by atoms with van der Waals surface area (Å²) in [6, 6.07) is 17.3. The van der Waals surface area contributed by atoms with Gasteiger partial charge in [-0.15, -0.1) is 0 Å². The van der Waals surface area contributed by atoms with Crippen LogP contribution in [0.1, 0.15) is 29.7 Å². The molecule has 7 heteroatoms. The third-order valence-electron chi connectivity index (χ3n) is 5.21. The highest BCUT2D eigenvalue weighted by atomic mass is 32.2. The first-order valence-corrected chi connectivity index (χ1v) is 10.9. The van der Waals surface area contributed by atoms with Crippen molar-refractivity contribution < 1.29 is 17.6 Å². The van der Waals surface area contributed by atoms with E-state index < -0.39 is 15.4 Å². The van der Waals surface area contributed by atoms with Crippen LogP contribution in [0.25, 0.3) is 0 Å². The summed E-state index contributed by atoms with van der Waals surface area (Å²) < 4.78 is 32.9. The van der Waals surface area contributed by atoms with Crippen molar-refractivity contribution in [2.24, 2.45) is 0 Å². The van der Waals surface area contributed by atoms with Crippen molar-refractivity contribution in [2.75, 3.05) is 4.72 Å². The molecule has 1 aliphatic rings. The van der Waals surface area contributed by atoms with Gasteiger partial charge in [0.1, 0.15) is 5.76 Å². The SMILES string of the molecule is Cc1ccc(S(=O)(=O)Nc2ccc(C3(C(=O)NCc4ccco4)CC3)cc2)cc1. The van der Waals surface area contributed by atoms with E-state index in [1.165, 1.54) is 0 Å². The normalized spacial score (nSPS) is 14.9. The van der Waals surface area contributed by atoms with Crippen LogP contribution < -0.4 is 10.0 Å². The minimum atomic E-state index is -3.65. The lowest BCUT2D eigenvalue weighted by atomic mass is 9.95. The van der Waals surface area contributed by atoms with Gasteiger partial charge in [-0.25, -0.2) is 8.42 Å². The highest BCUT2D eigenvalue weighted by Gasteiger charge is 2.51. The Morgan fingerprint density at radius 3 is 2.31 bits per heavy atom. The molecule has 150 valence electrons. The first-order chi connectivity index (χ1) is 13.9. The predicted molar refractivity (Wildman–Crippen MR) is 110 cm³/mol. The van der Waals surface area contributed by atoms with Crippen LogP contribution in [0.4, 0.5) is 5.69 Å². The number of furan rings is 1. The summed E-state index contributed by atoms with van der Waals surface area (Å²) in [6.45, 7) is 2.25. The van der Waals surface area contributed by atoms with Crippen LogP contribution in [0.15, 0.2) is 76.2 Å². The molecule has 1 fully saturated rings. The molecule has 0 aliphatic heterocycles. The van der Waals surface area contributed by atoms with Crippen molar-refractivity contribution >= 4 is 21.6 Å². The molecule has 0 spiro atoms. The zero-order valence-electron chi connectivity index (χ0n) is 16.0. The lowest BCUT2D eigenvalue weighted by Crippen LogP contribution is -2.34. The highest BCUT2D eigenvalue weighted by molar-refractivity contribution is 7.92. The summed E-state index contributed by atoms with van der Waals surface area (Å²) in [5, 5.41) is 2.92. The van der Waals surface area contributed by atoms with Crippen molar-refractivity contribution in [1.29, 1.82) is 0 Å². The molecule has 1 aliphatic carbocycles. The summed E-state index contributed by atoms with van der Waals surface area (Å²) in [5.41, 5.74) is 1.79. The second kappa shape index (κ2) is 7.40. The topological polar surface area (TPSA) is 88.4 Å². The molecule has 2 N–H and O–H groups in total. The van der Waals surface area contributed by atoms with E-state index in [4.69, 9.17) is 4.42 Å². The molecule has 0 saturated heterocycles. The van der Waals surface area contributed by atoms with Crippen molar-refractivity contribution in [1.82, 2.24) is 5.32 Å². The Morgan fingerprint density at radius 1 is 1.03 bits per heavy atom. The minimum absolute atomic E-state index is 0.0399. The maximum atomic E-state index is 12.7. The number of benzene rings is 2. The van der Waals surface area contributed by atoms with Gasteiger partial charge >= 0.3 is 0 Å². The Balaban J connectivity index is 1.44. The Bertz CT molecular complexity index is 1100. The van der Waals surface area contributed by atoms with Crippen LogP contribution in [-0.2, 0) is 26.8 Å². The van der Waals surface area contributed by atoms with E-state index in [0.717, 1.165) is 24.0 Å². The van der Waals surface area contributed by atoms with Crippen LogP contribution in [0, 0.1) is 6.92 Å². The molecule has 29 heavy (non-hydrogen) atoms. The molecule has 0 atom stereocenters. The second-order valence-corrected chi connectivity index (χ2v) is 9.02. The maximum Gasteiger partial charge on any atom is 0.261 e. The van der Waals surface area contributed by atoms with E-state index in [-0.39, 0.29) is 10.8 Å². The van der Waals surface area contributed by atoms with Crippen molar-refractivity contribution in [3.05, 3.63) is 83.8 Å². The van der Waals surface area contributed by atoms with Crippen molar-refractivity contribution in [3.63, 3.8) is 0 Å². The third kappa shape index (κ3) is 4.05. The summed E-state index contributed by atoms with van der Waals surface area (Å²) in [7, 11) is -3.65. The molecule has 1 aromatic heterocycles. The average molecular weight is 410 g/mol. The van der Waals surface area contributed by atoms with Gasteiger partial charge < -0.3 is 9.73 Å². The van der Waals surface area contributed by atoms with Crippen molar-refractivity contribution in [3.8, 4) is 0 Å². The molecule has 1 amide bonds. The molecular formula is C22H22N2O4S. The fourth-order valence-electron chi connectivity index (χ4n) is 3.31. The molecule has 4 rings (SSSR count). The summed E-state index contributed by atoms with van der Waals surface area (Å²) in [6.07, 6.45) is 3.11. The summed E-state index contributed by atoms with van der Waals surface area (Å²) in [5.74, 6) is 0.664. The number of rotatable bonds is 7. The number of amides is 1. The standard InChI is InChI=1S/C22H22N2O4S/c1-16-4-10-20(11-5-16)29(26,27)24-18-8-6-17(7-9-18)22(12-13-22)21(25)23-15-19-3-2-14-28-19/h2-11,14,24H,12-13,15H2,1H3,(H,23,25). The first kappa shape index (κ1) is 19.3. The Hall–Kier alpha value is -3.06. The molecule has 1 saturated carbocycles. The van der Waals surface area contributed by atoms with Crippen LogP contribution in [0.5, 0.6) is 0 Å². The molecule has 2 aromatic carbocycles. The monoisotopic (exact) mass is 410 g/mol. The number of carbonyl (C=O) groups is 1. The van der Waals surface area contributed by atoms with Crippen molar-refractivity contribution in [2.45, 2.75) is 36.6 Å². The van der Waals surface area contributed by atoms with Crippen LogP contribution in [0.3, 0.4) is 0 Å². The summed E-state index contributed by atoms with van der Waals surface area (Å²) >= 11 is 0. The van der Waals surface area contributed by atoms with Gasteiger partial charge in [0.05, 0.1) is 23.1 Å². The quantitative estimate of drug-likeness (QED) is 0.621. The number of hydrogen-bond acceptors (Lipinski definition) is 4. The third-order valence-corrected chi connectivity index (χ3v) is 6.61. The number of sulfonamides is 1. The Kier molecular flexibility index (Phi) is 4.92. The summed E-state index contributed by atoms with van der Waals surface area (Å²) in [4.78, 5) is 12.9. The van der Waals surface area contributed by atoms with Gasteiger partial charge in [-0.05, 0) is 61.7 Å². The Labute approximate surface area is 170 Å². The average Bonchev–Trinajstić information content (AvgIpc) is 3.35. The fourth-order valence-corrected chi connectivity index (χ4v) is 4.37. The number of hydrogen-bond donors (Lipinski definition) is 2. The fraction of sp³-hybridized carbons (Fsp3) is 0.227. The zero-order chi connectivity index (χ0) is 20.5. The van der Waals surface area contributed by atoms with E-state index in [9.17, 15) is 13.2 Å². The molecule has 1 heterocycles. The van der Waals surface area contributed by atoms with E-state index in [1.54, 1.807) is 48.7 Å². The lowest BCUT2D eigenvalue weighted by molar-refractivity contribution is -0.123. The maximum absolute atomic E-state index is 12.7. The number of nitrogens with one attached hydrogen (secondary N) is 2. The second-order valence-electron chi connectivity index (χ2n) is 7.34. The smallest absolute Gasteiger partial charge is 0.261 e. The van der Waals surface area contributed by atoms with E-state index in [2.05, 4.69) is 10.0 Å². The first-order valence-electron chi connectivity index (χ1n) is 9.40. The van der Waals surface area contributed by atoms with Gasteiger partial charge in [0, 0.05) is 5.69 Å². The molecule has 0 unspecified atom stereocenters. The van der Waals surface area contributed by atoms with Crippen LogP contribution >= 0.6 is 0 Å². The van der Waals surface area contributed by atoms with E-state index in [0.29, 0.717) is 18.0 Å². The van der Waals surface area contributed by atoms with E-state index >= 15 is 0 Å². The van der Waals surface area contributed by atoms with Gasteiger partial charge in [0.15, 0.2) is 0 Å². The molecule has 0 radical (unpaired) electrons. The highest BCUT2D eigenvalue weighted by Crippen LogP contribution is 2.48. The van der Waals surface area contributed by atoms with Crippen LogP contribution in [0.2, 0.25) is 0 Å². The molecule has 6 nitrogen and oxygen atoms in total. The van der Waals surface area contributed by atoms with Gasteiger partial charge in [-0.3, -0.25) is 9.52 Å². The lowest BCUT2D eigenvalue weighted by Gasteiger charge is -2.16. The molecule has 3 aromatic rings. The largest absolute Gasteiger partial charge is 0.467 e. The Morgan fingerprint density at radius 2 is 1.72 bits per heavy atom. The number of anilines is 1. The van der Waals surface area contributed by atoms with Crippen LogP contribution in [-0.4, -0.2) is 14.3 Å². The van der Waals surface area contributed by atoms with E-state index in [1.807, 2.05) is 25.1 Å². The van der Waals surface area contributed by atoms with Gasteiger partial charge in [0.25, 0.3) is 10.0 Å². The molecule has 0 bridgehead atoms. The van der Waals surface area contributed by atoms with Gasteiger partial charge in [-0.1, -0.05) is 29.8 Å².